The number of fused-ring (bicyclic) bond motifs is 4. The summed E-state index contributed by atoms with van der Waals surface area (Å²) in [5, 5.41) is 0. The van der Waals surface area contributed by atoms with Gasteiger partial charge in [-0.1, -0.05) is 24.3 Å². The first-order chi connectivity index (χ1) is 10.3. The topological polar surface area (TPSA) is 21.7 Å². The van der Waals surface area contributed by atoms with E-state index in [9.17, 15) is 0 Å². The van der Waals surface area contributed by atoms with Crippen LogP contribution in [0.5, 0.6) is 11.5 Å². The first kappa shape index (κ1) is 13.9. The van der Waals surface area contributed by atoms with Gasteiger partial charge >= 0.3 is 0 Å². The van der Waals surface area contributed by atoms with Crippen LogP contribution in [0.2, 0.25) is 0 Å². The van der Waals surface area contributed by atoms with Crippen LogP contribution in [-0.2, 0) is 12.8 Å². The van der Waals surface area contributed by atoms with Crippen molar-refractivity contribution in [2.45, 2.75) is 18.9 Å². The standard InChI is InChI=1S/C18H17NO2.ClH/c1-19-7-6-12-9-15-18(21-10-20-15)17-13-5-3-2-4-11(13)8-14(19)16(12)17;/h2-5,9,14H,6-8,10H2,1H3;1H/t14-;/m0./s1. The van der Waals surface area contributed by atoms with Crippen molar-refractivity contribution in [2.75, 3.05) is 20.4 Å². The molecule has 2 aromatic rings. The van der Waals surface area contributed by atoms with Crippen molar-refractivity contribution in [1.82, 2.24) is 4.90 Å². The van der Waals surface area contributed by atoms with E-state index in [4.69, 9.17) is 9.47 Å². The van der Waals surface area contributed by atoms with Crippen LogP contribution < -0.4 is 9.47 Å². The fraction of sp³-hybridized carbons (Fsp3) is 0.333. The van der Waals surface area contributed by atoms with Gasteiger partial charge in [0, 0.05) is 18.2 Å². The first-order valence-corrected chi connectivity index (χ1v) is 7.57. The SMILES string of the molecule is CN1CCc2cc3c(c4c2[C@@H]1Cc1ccccc1-4)OCO3.Cl. The molecule has 0 saturated heterocycles. The zero-order valence-electron chi connectivity index (χ0n) is 12.5. The Kier molecular flexibility index (Phi) is 3.10. The molecule has 2 heterocycles. The van der Waals surface area contributed by atoms with Crippen molar-refractivity contribution in [2.24, 2.45) is 0 Å². The molecule has 3 nitrogen and oxygen atoms in total. The summed E-state index contributed by atoms with van der Waals surface area (Å²) >= 11 is 0. The number of ether oxygens (including phenoxy) is 2. The van der Waals surface area contributed by atoms with Gasteiger partial charge in [0.25, 0.3) is 0 Å². The second-order valence-corrected chi connectivity index (χ2v) is 6.17. The Morgan fingerprint density at radius 3 is 2.91 bits per heavy atom. The Balaban J connectivity index is 0.00000125. The van der Waals surface area contributed by atoms with Crippen LogP contribution in [0.4, 0.5) is 0 Å². The van der Waals surface area contributed by atoms with E-state index in [-0.39, 0.29) is 12.4 Å². The minimum absolute atomic E-state index is 0. The van der Waals surface area contributed by atoms with Gasteiger partial charge < -0.3 is 9.47 Å². The Hall–Kier alpha value is -1.71. The third kappa shape index (κ3) is 1.73. The molecule has 0 amide bonds. The molecule has 0 spiro atoms. The van der Waals surface area contributed by atoms with Crippen molar-refractivity contribution in [1.29, 1.82) is 0 Å². The van der Waals surface area contributed by atoms with Crippen LogP contribution >= 0.6 is 12.4 Å². The predicted octanol–water partition coefficient (Wildman–Crippen LogP) is 3.59. The van der Waals surface area contributed by atoms with Crippen LogP contribution in [0, 0.1) is 0 Å². The summed E-state index contributed by atoms with van der Waals surface area (Å²) in [6, 6.07) is 11.4. The number of rotatable bonds is 0. The normalized spacial score (nSPS) is 20.9. The summed E-state index contributed by atoms with van der Waals surface area (Å²) in [5.74, 6) is 1.87. The molecule has 0 N–H and O–H groups in total. The predicted molar refractivity (Wildman–Crippen MR) is 88.0 cm³/mol. The summed E-state index contributed by atoms with van der Waals surface area (Å²) in [6.07, 6.45) is 2.18. The average molecular weight is 316 g/mol. The van der Waals surface area contributed by atoms with E-state index in [1.54, 1.807) is 0 Å². The van der Waals surface area contributed by atoms with Gasteiger partial charge in [0.15, 0.2) is 11.5 Å². The number of hydrogen-bond donors (Lipinski definition) is 0. The van der Waals surface area contributed by atoms with Crippen LogP contribution in [0.1, 0.15) is 22.7 Å². The Labute approximate surface area is 136 Å². The molecule has 22 heavy (non-hydrogen) atoms. The minimum Gasteiger partial charge on any atom is -0.454 e. The molecule has 0 aromatic heterocycles. The molecule has 5 rings (SSSR count). The number of nitrogens with zero attached hydrogens (tertiary/aromatic N) is 1. The molecule has 1 aliphatic carbocycles. The van der Waals surface area contributed by atoms with Gasteiger partial charge in [-0.25, -0.2) is 0 Å². The van der Waals surface area contributed by atoms with E-state index in [0.717, 1.165) is 30.9 Å². The van der Waals surface area contributed by atoms with Gasteiger partial charge in [0.05, 0.1) is 0 Å². The zero-order valence-corrected chi connectivity index (χ0v) is 13.3. The molecule has 0 fully saturated rings. The highest BCUT2D eigenvalue weighted by Gasteiger charge is 2.37. The molecular weight excluding hydrogens is 298 g/mol. The molecule has 3 aliphatic rings. The highest BCUT2D eigenvalue weighted by Crippen LogP contribution is 2.53. The Bertz CT molecular complexity index is 759. The van der Waals surface area contributed by atoms with E-state index in [2.05, 4.69) is 42.3 Å². The van der Waals surface area contributed by atoms with Crippen molar-refractivity contribution in [3.05, 3.63) is 47.0 Å². The lowest BCUT2D eigenvalue weighted by Crippen LogP contribution is -2.35. The van der Waals surface area contributed by atoms with Gasteiger partial charge in [-0.2, -0.15) is 0 Å². The van der Waals surface area contributed by atoms with E-state index >= 15 is 0 Å². The zero-order chi connectivity index (χ0) is 14.0. The first-order valence-electron chi connectivity index (χ1n) is 7.57. The fourth-order valence-electron chi connectivity index (χ4n) is 4.05. The van der Waals surface area contributed by atoms with Crippen molar-refractivity contribution in [3.8, 4) is 22.6 Å². The molecular formula is C18H18ClNO2. The maximum atomic E-state index is 5.82. The van der Waals surface area contributed by atoms with Gasteiger partial charge in [-0.3, -0.25) is 4.90 Å². The lowest BCUT2D eigenvalue weighted by molar-refractivity contribution is 0.174. The van der Waals surface area contributed by atoms with E-state index in [0.29, 0.717) is 12.8 Å². The summed E-state index contributed by atoms with van der Waals surface area (Å²) in [7, 11) is 2.23. The van der Waals surface area contributed by atoms with Gasteiger partial charge in [-0.15, -0.1) is 12.4 Å². The van der Waals surface area contributed by atoms with Gasteiger partial charge in [-0.05, 0) is 48.2 Å². The number of halogens is 1. The smallest absolute Gasteiger partial charge is 0.231 e. The van der Waals surface area contributed by atoms with Gasteiger partial charge in [0.1, 0.15) is 0 Å². The molecule has 0 radical (unpaired) electrons. The summed E-state index contributed by atoms with van der Waals surface area (Å²) in [6.45, 7) is 1.45. The third-order valence-electron chi connectivity index (χ3n) is 5.09. The second kappa shape index (κ2) is 4.90. The summed E-state index contributed by atoms with van der Waals surface area (Å²) < 4.78 is 11.5. The molecule has 0 saturated carbocycles. The fourth-order valence-corrected chi connectivity index (χ4v) is 4.05. The van der Waals surface area contributed by atoms with Crippen LogP contribution in [0.3, 0.4) is 0 Å². The van der Waals surface area contributed by atoms with Gasteiger partial charge in [0.2, 0.25) is 6.79 Å². The highest BCUT2D eigenvalue weighted by atomic mass is 35.5. The minimum atomic E-state index is 0. The lowest BCUT2D eigenvalue weighted by Gasteiger charge is -2.40. The molecule has 2 aliphatic heterocycles. The van der Waals surface area contributed by atoms with Crippen LogP contribution in [-0.4, -0.2) is 25.3 Å². The molecule has 2 aromatic carbocycles. The second-order valence-electron chi connectivity index (χ2n) is 6.17. The number of benzene rings is 2. The summed E-state index contributed by atoms with van der Waals surface area (Å²) in [5.41, 5.74) is 6.92. The summed E-state index contributed by atoms with van der Waals surface area (Å²) in [4.78, 5) is 2.48. The molecule has 1 atom stereocenters. The maximum Gasteiger partial charge on any atom is 0.231 e. The molecule has 0 unspecified atom stereocenters. The van der Waals surface area contributed by atoms with E-state index < -0.39 is 0 Å². The Morgan fingerprint density at radius 2 is 2.00 bits per heavy atom. The van der Waals surface area contributed by atoms with E-state index in [1.165, 1.54) is 27.8 Å². The van der Waals surface area contributed by atoms with Crippen LogP contribution in [0.15, 0.2) is 30.3 Å². The number of likely N-dealkylation sites (N-methyl/N-ethyl adjacent to an activating group) is 1. The Morgan fingerprint density at radius 1 is 1.14 bits per heavy atom. The largest absolute Gasteiger partial charge is 0.454 e. The molecule has 0 bridgehead atoms. The third-order valence-corrected chi connectivity index (χ3v) is 5.09. The quantitative estimate of drug-likeness (QED) is 0.741. The maximum absolute atomic E-state index is 5.82. The molecule has 4 heteroatoms. The van der Waals surface area contributed by atoms with Crippen molar-refractivity contribution >= 4 is 12.4 Å². The van der Waals surface area contributed by atoms with Crippen LogP contribution in [0.25, 0.3) is 11.1 Å². The monoisotopic (exact) mass is 315 g/mol. The highest BCUT2D eigenvalue weighted by molar-refractivity contribution is 5.85. The van der Waals surface area contributed by atoms with Crippen molar-refractivity contribution in [3.63, 3.8) is 0 Å². The number of hydrogen-bond acceptors (Lipinski definition) is 3. The molecule has 114 valence electrons. The van der Waals surface area contributed by atoms with Crippen molar-refractivity contribution < 1.29 is 9.47 Å². The lowest BCUT2D eigenvalue weighted by atomic mass is 9.76. The average Bonchev–Trinajstić information content (AvgIpc) is 2.98. The van der Waals surface area contributed by atoms with E-state index in [1.807, 2.05) is 0 Å².